The Hall–Kier alpha value is -2.72. The third-order valence-corrected chi connectivity index (χ3v) is 5.41. The molecule has 1 amide bonds. The van der Waals surface area contributed by atoms with Crippen molar-refractivity contribution in [1.29, 1.82) is 0 Å². The number of pyridine rings is 2. The Bertz CT molecular complexity index is 944. The molecule has 0 radical (unpaired) electrons. The summed E-state index contributed by atoms with van der Waals surface area (Å²) in [4.78, 5) is 23.7. The molecule has 4 rings (SSSR count). The Morgan fingerprint density at radius 3 is 2.75 bits per heavy atom. The number of halogens is 1. The molecule has 0 saturated carbocycles. The molecule has 142 valence electrons. The first-order valence-electron chi connectivity index (χ1n) is 9.58. The van der Waals surface area contributed by atoms with Crippen molar-refractivity contribution in [3.8, 4) is 0 Å². The number of amides is 1. The van der Waals surface area contributed by atoms with Crippen molar-refractivity contribution in [1.82, 2.24) is 14.9 Å². The Morgan fingerprint density at radius 1 is 1.11 bits per heavy atom. The van der Waals surface area contributed by atoms with Crippen molar-refractivity contribution in [2.24, 2.45) is 0 Å². The van der Waals surface area contributed by atoms with Crippen LogP contribution in [0.1, 0.15) is 46.1 Å². The summed E-state index contributed by atoms with van der Waals surface area (Å²) >= 11 is 5.97. The van der Waals surface area contributed by atoms with Gasteiger partial charge < -0.3 is 4.90 Å². The second-order valence-corrected chi connectivity index (χ2v) is 7.63. The SMILES string of the molecule is O=C(c1cccnc1)N1CCC[C@@H](c2cccc(Cc3ccc(Cl)cc3)n2)C1. The van der Waals surface area contributed by atoms with E-state index in [1.807, 2.05) is 35.2 Å². The molecule has 0 aliphatic carbocycles. The van der Waals surface area contributed by atoms with Crippen LogP contribution in [-0.2, 0) is 6.42 Å². The molecule has 3 aromatic rings. The van der Waals surface area contributed by atoms with Gasteiger partial charge in [-0.15, -0.1) is 0 Å². The monoisotopic (exact) mass is 391 g/mol. The molecule has 3 heterocycles. The van der Waals surface area contributed by atoms with Gasteiger partial charge in [-0.05, 0) is 54.8 Å². The molecule has 2 aromatic heterocycles. The third kappa shape index (κ3) is 4.39. The number of carbonyl (C=O) groups excluding carboxylic acids is 1. The van der Waals surface area contributed by atoms with Crippen LogP contribution in [0.3, 0.4) is 0 Å². The van der Waals surface area contributed by atoms with Crippen LogP contribution in [0.15, 0.2) is 67.0 Å². The van der Waals surface area contributed by atoms with Crippen LogP contribution in [0.25, 0.3) is 0 Å². The number of likely N-dealkylation sites (tertiary alicyclic amines) is 1. The highest BCUT2D eigenvalue weighted by Gasteiger charge is 2.26. The fourth-order valence-corrected chi connectivity index (χ4v) is 3.84. The summed E-state index contributed by atoms with van der Waals surface area (Å²) in [6.45, 7) is 1.49. The van der Waals surface area contributed by atoms with Gasteiger partial charge in [-0.3, -0.25) is 14.8 Å². The van der Waals surface area contributed by atoms with Gasteiger partial charge in [0.15, 0.2) is 0 Å². The number of benzene rings is 1. The van der Waals surface area contributed by atoms with E-state index in [0.29, 0.717) is 12.1 Å². The van der Waals surface area contributed by atoms with Crippen LogP contribution in [0.4, 0.5) is 0 Å². The molecular formula is C23H22ClN3O. The van der Waals surface area contributed by atoms with Gasteiger partial charge in [0.25, 0.3) is 5.91 Å². The Morgan fingerprint density at radius 2 is 1.96 bits per heavy atom. The fraction of sp³-hybridized carbons (Fsp3) is 0.261. The van der Waals surface area contributed by atoms with Gasteiger partial charge in [0.2, 0.25) is 0 Å². The Labute approximate surface area is 170 Å². The summed E-state index contributed by atoms with van der Waals surface area (Å²) in [5.41, 5.74) is 3.93. The molecule has 0 bridgehead atoms. The zero-order chi connectivity index (χ0) is 19.3. The first-order valence-corrected chi connectivity index (χ1v) is 9.96. The molecule has 1 fully saturated rings. The van der Waals surface area contributed by atoms with Crippen LogP contribution in [0, 0.1) is 0 Å². The Balaban J connectivity index is 1.47. The van der Waals surface area contributed by atoms with Gasteiger partial charge >= 0.3 is 0 Å². The molecular weight excluding hydrogens is 370 g/mol. The third-order valence-electron chi connectivity index (χ3n) is 5.16. The van der Waals surface area contributed by atoms with E-state index in [1.54, 1.807) is 18.5 Å². The van der Waals surface area contributed by atoms with Crippen LogP contribution < -0.4 is 0 Å². The van der Waals surface area contributed by atoms with E-state index in [4.69, 9.17) is 16.6 Å². The summed E-state index contributed by atoms with van der Waals surface area (Å²) in [6, 6.07) is 17.7. The molecule has 1 aromatic carbocycles. The van der Waals surface area contributed by atoms with E-state index in [9.17, 15) is 4.79 Å². The maximum Gasteiger partial charge on any atom is 0.255 e. The zero-order valence-electron chi connectivity index (χ0n) is 15.6. The largest absolute Gasteiger partial charge is 0.338 e. The minimum absolute atomic E-state index is 0.0510. The molecule has 1 saturated heterocycles. The van der Waals surface area contributed by atoms with Crippen molar-refractivity contribution >= 4 is 17.5 Å². The highest BCUT2D eigenvalue weighted by Crippen LogP contribution is 2.27. The van der Waals surface area contributed by atoms with Crippen LogP contribution in [0.5, 0.6) is 0 Å². The molecule has 4 nitrogen and oxygen atoms in total. The minimum atomic E-state index is 0.0510. The zero-order valence-corrected chi connectivity index (χ0v) is 16.3. The fourth-order valence-electron chi connectivity index (χ4n) is 3.71. The standard InChI is InChI=1S/C23H22ClN3O/c24-20-10-8-17(9-11-20)14-21-6-1-7-22(26-21)19-5-3-13-27(16-19)23(28)18-4-2-12-25-15-18/h1-2,4,6-12,15,19H,3,5,13-14,16H2/t19-/m1/s1. The summed E-state index contributed by atoms with van der Waals surface area (Å²) in [5, 5.41) is 0.742. The van der Waals surface area contributed by atoms with Gasteiger partial charge in [0, 0.05) is 54.2 Å². The molecule has 28 heavy (non-hydrogen) atoms. The number of nitrogens with zero attached hydrogens (tertiary/aromatic N) is 3. The number of rotatable bonds is 4. The van der Waals surface area contributed by atoms with Gasteiger partial charge in [-0.2, -0.15) is 0 Å². The summed E-state index contributed by atoms with van der Waals surface area (Å²) in [7, 11) is 0. The van der Waals surface area contributed by atoms with Crippen LogP contribution in [-0.4, -0.2) is 33.9 Å². The average Bonchev–Trinajstić information content (AvgIpc) is 2.76. The quantitative estimate of drug-likeness (QED) is 0.645. The maximum absolute atomic E-state index is 12.8. The summed E-state index contributed by atoms with van der Waals surface area (Å²) < 4.78 is 0. The van der Waals surface area contributed by atoms with Gasteiger partial charge in [0.05, 0.1) is 5.56 Å². The second-order valence-electron chi connectivity index (χ2n) is 7.19. The predicted octanol–water partition coefficient (Wildman–Crippen LogP) is 4.74. The number of hydrogen-bond acceptors (Lipinski definition) is 3. The number of carbonyl (C=O) groups is 1. The van der Waals surface area contributed by atoms with Gasteiger partial charge in [-0.1, -0.05) is 29.8 Å². The lowest BCUT2D eigenvalue weighted by atomic mass is 9.93. The number of piperidine rings is 1. The predicted molar refractivity (Wildman–Crippen MR) is 111 cm³/mol. The lowest BCUT2D eigenvalue weighted by Gasteiger charge is -2.32. The van der Waals surface area contributed by atoms with Crippen LogP contribution >= 0.6 is 11.6 Å². The van der Waals surface area contributed by atoms with E-state index < -0.39 is 0 Å². The van der Waals surface area contributed by atoms with Crippen molar-refractivity contribution in [3.63, 3.8) is 0 Å². The average molecular weight is 392 g/mol. The maximum atomic E-state index is 12.8. The number of hydrogen-bond donors (Lipinski definition) is 0. The second kappa shape index (κ2) is 8.53. The van der Waals surface area contributed by atoms with Crippen molar-refractivity contribution in [2.45, 2.75) is 25.2 Å². The highest BCUT2D eigenvalue weighted by molar-refractivity contribution is 6.30. The molecule has 1 aliphatic rings. The summed E-state index contributed by atoms with van der Waals surface area (Å²) in [5.74, 6) is 0.314. The Kier molecular flexibility index (Phi) is 5.68. The lowest BCUT2D eigenvalue weighted by molar-refractivity contribution is 0.0705. The van der Waals surface area contributed by atoms with Crippen molar-refractivity contribution < 1.29 is 4.79 Å². The van der Waals surface area contributed by atoms with E-state index in [1.165, 1.54) is 5.56 Å². The van der Waals surface area contributed by atoms with E-state index in [-0.39, 0.29) is 11.8 Å². The van der Waals surface area contributed by atoms with Gasteiger partial charge in [0.1, 0.15) is 0 Å². The van der Waals surface area contributed by atoms with Gasteiger partial charge in [-0.25, -0.2) is 0 Å². The topological polar surface area (TPSA) is 46.1 Å². The molecule has 0 N–H and O–H groups in total. The highest BCUT2D eigenvalue weighted by atomic mass is 35.5. The first-order chi connectivity index (χ1) is 13.7. The lowest BCUT2D eigenvalue weighted by Crippen LogP contribution is -2.39. The molecule has 0 unspecified atom stereocenters. The normalized spacial score (nSPS) is 16.8. The number of aromatic nitrogens is 2. The molecule has 1 atom stereocenters. The van der Waals surface area contributed by atoms with Crippen molar-refractivity contribution in [3.05, 3.63) is 94.5 Å². The van der Waals surface area contributed by atoms with E-state index in [2.05, 4.69) is 23.2 Å². The smallest absolute Gasteiger partial charge is 0.255 e. The van der Waals surface area contributed by atoms with E-state index in [0.717, 1.165) is 42.2 Å². The van der Waals surface area contributed by atoms with Crippen molar-refractivity contribution in [2.75, 3.05) is 13.1 Å². The molecule has 0 spiro atoms. The molecule has 1 aliphatic heterocycles. The minimum Gasteiger partial charge on any atom is -0.338 e. The van der Waals surface area contributed by atoms with Crippen LogP contribution in [0.2, 0.25) is 5.02 Å². The molecule has 5 heteroatoms. The summed E-state index contributed by atoms with van der Waals surface area (Å²) in [6.07, 6.45) is 6.13. The van der Waals surface area contributed by atoms with E-state index >= 15 is 0 Å². The first kappa shape index (κ1) is 18.6.